The van der Waals surface area contributed by atoms with Crippen molar-refractivity contribution >= 4 is 33.7 Å². The van der Waals surface area contributed by atoms with Crippen LogP contribution < -0.4 is 9.30 Å². The Labute approximate surface area is 155 Å². The van der Waals surface area contributed by atoms with Crippen molar-refractivity contribution in [3.05, 3.63) is 84.4 Å². The number of carboxylic acid groups (broad SMARTS) is 1. The highest BCUT2D eigenvalue weighted by atomic mass is 16.5. The maximum absolute atomic E-state index is 13.0. The largest absolute Gasteiger partial charge is 0.477 e. The maximum atomic E-state index is 13.0. The highest BCUT2D eigenvalue weighted by Gasteiger charge is 2.26. The first-order chi connectivity index (χ1) is 13.1. The summed E-state index contributed by atoms with van der Waals surface area (Å²) in [7, 11) is 0. The molecule has 5 nitrogen and oxygen atoms in total. The van der Waals surface area contributed by atoms with E-state index in [1.807, 2.05) is 54.6 Å². The second-order valence-electron chi connectivity index (χ2n) is 6.09. The van der Waals surface area contributed by atoms with Gasteiger partial charge in [-0.15, -0.1) is 0 Å². The fourth-order valence-corrected chi connectivity index (χ4v) is 3.29. The molecule has 0 aliphatic carbocycles. The number of pyridine rings is 1. The third-order valence-corrected chi connectivity index (χ3v) is 4.38. The summed E-state index contributed by atoms with van der Waals surface area (Å²) < 4.78 is 7.27. The minimum Gasteiger partial charge on any atom is -0.477 e. The Bertz CT molecular complexity index is 1110. The van der Waals surface area contributed by atoms with Crippen molar-refractivity contribution in [1.82, 2.24) is 0 Å². The maximum Gasteiger partial charge on any atom is 0.370 e. The molecule has 0 bridgehead atoms. The van der Waals surface area contributed by atoms with Gasteiger partial charge in [0.2, 0.25) is 17.6 Å². The number of rotatable bonds is 4. The van der Waals surface area contributed by atoms with Gasteiger partial charge in [-0.3, -0.25) is 0 Å². The summed E-state index contributed by atoms with van der Waals surface area (Å²) in [5, 5.41) is 10.6. The van der Waals surface area contributed by atoms with Gasteiger partial charge in [-0.2, -0.15) is 4.57 Å². The number of aromatic nitrogens is 1. The van der Waals surface area contributed by atoms with Gasteiger partial charge in [-0.05, 0) is 24.3 Å². The molecular weight excluding hydrogens is 342 g/mol. The van der Waals surface area contributed by atoms with Crippen LogP contribution in [0.4, 0.5) is 0 Å². The third-order valence-electron chi connectivity index (χ3n) is 4.38. The van der Waals surface area contributed by atoms with Crippen molar-refractivity contribution < 1.29 is 24.0 Å². The molecule has 0 unspecified atom stereocenters. The van der Waals surface area contributed by atoms with Gasteiger partial charge in [-0.25, -0.2) is 9.59 Å². The molecule has 4 aromatic rings. The van der Waals surface area contributed by atoms with E-state index >= 15 is 0 Å². The number of hydrogen-bond acceptors (Lipinski definition) is 3. The number of aliphatic carboxylic acids is 1. The zero-order chi connectivity index (χ0) is 18.8. The van der Waals surface area contributed by atoms with E-state index in [0.717, 1.165) is 0 Å². The molecule has 0 aliphatic heterocycles. The van der Waals surface area contributed by atoms with Crippen LogP contribution in [0.3, 0.4) is 0 Å². The molecule has 0 radical (unpaired) electrons. The van der Waals surface area contributed by atoms with Gasteiger partial charge >= 0.3 is 11.9 Å². The van der Waals surface area contributed by atoms with E-state index < -0.39 is 11.9 Å². The summed E-state index contributed by atoms with van der Waals surface area (Å²) in [6.07, 6.45) is 0. The molecule has 0 amide bonds. The van der Waals surface area contributed by atoms with Gasteiger partial charge in [0.05, 0.1) is 16.3 Å². The lowest BCUT2D eigenvalue weighted by Crippen LogP contribution is -2.40. The molecule has 0 saturated heterocycles. The minimum atomic E-state index is -0.949. The molecule has 0 saturated carbocycles. The molecular formula is C22H16NO4+. The lowest BCUT2D eigenvalue weighted by molar-refractivity contribution is -0.633. The van der Waals surface area contributed by atoms with Crippen molar-refractivity contribution in [3.63, 3.8) is 0 Å². The number of fused-ring (bicyclic) bond motifs is 2. The topological polar surface area (TPSA) is 67.5 Å². The fourth-order valence-electron chi connectivity index (χ4n) is 3.29. The van der Waals surface area contributed by atoms with E-state index in [9.17, 15) is 14.7 Å². The molecule has 1 heterocycles. The van der Waals surface area contributed by atoms with Gasteiger partial charge in [0.1, 0.15) is 5.75 Å². The van der Waals surface area contributed by atoms with Crippen LogP contribution in [0.2, 0.25) is 0 Å². The number of benzene rings is 3. The van der Waals surface area contributed by atoms with Crippen molar-refractivity contribution in [2.24, 2.45) is 0 Å². The molecule has 0 spiro atoms. The first-order valence-electron chi connectivity index (χ1n) is 8.47. The number of para-hydroxylation sites is 3. The van der Waals surface area contributed by atoms with E-state index in [0.29, 0.717) is 33.1 Å². The van der Waals surface area contributed by atoms with Crippen molar-refractivity contribution in [1.29, 1.82) is 0 Å². The Morgan fingerprint density at radius 1 is 0.778 bits per heavy atom. The summed E-state index contributed by atoms with van der Waals surface area (Å²) in [6, 6.07) is 23.4. The third kappa shape index (κ3) is 3.11. The lowest BCUT2D eigenvalue weighted by Gasteiger charge is -2.11. The second kappa shape index (κ2) is 6.88. The zero-order valence-corrected chi connectivity index (χ0v) is 14.3. The molecule has 0 atom stereocenters. The predicted octanol–water partition coefficient (Wildman–Crippen LogP) is 3.58. The second-order valence-corrected chi connectivity index (χ2v) is 6.09. The average molecular weight is 358 g/mol. The Morgan fingerprint density at radius 3 is 1.85 bits per heavy atom. The van der Waals surface area contributed by atoms with Crippen molar-refractivity contribution in [3.8, 4) is 5.75 Å². The summed E-state index contributed by atoms with van der Waals surface area (Å²) in [4.78, 5) is 24.4. The van der Waals surface area contributed by atoms with E-state index in [1.54, 1.807) is 28.8 Å². The molecule has 3 aromatic carbocycles. The van der Waals surface area contributed by atoms with Crippen molar-refractivity contribution in [2.45, 2.75) is 6.54 Å². The highest BCUT2D eigenvalue weighted by molar-refractivity contribution is 6.13. The number of hydrogen-bond donors (Lipinski definition) is 1. The van der Waals surface area contributed by atoms with Crippen LogP contribution >= 0.6 is 0 Å². The van der Waals surface area contributed by atoms with E-state index in [4.69, 9.17) is 4.74 Å². The SMILES string of the molecule is O=C(O)C[n+]1c2ccccc2c(C(=O)Oc2ccccc2)c2ccccc21. The Morgan fingerprint density at radius 2 is 1.30 bits per heavy atom. The molecule has 27 heavy (non-hydrogen) atoms. The summed E-state index contributed by atoms with van der Waals surface area (Å²) in [6.45, 7) is -0.199. The van der Waals surface area contributed by atoms with Crippen molar-refractivity contribution in [2.75, 3.05) is 0 Å². The Hall–Kier alpha value is -3.73. The molecule has 1 aromatic heterocycles. The molecule has 4 rings (SSSR count). The Balaban J connectivity index is 1.99. The number of carboxylic acids is 1. The van der Waals surface area contributed by atoms with Gasteiger partial charge in [-0.1, -0.05) is 42.5 Å². The summed E-state index contributed by atoms with van der Waals surface area (Å²) in [5.41, 5.74) is 1.75. The lowest BCUT2D eigenvalue weighted by atomic mass is 10.0. The average Bonchev–Trinajstić information content (AvgIpc) is 2.68. The normalized spacial score (nSPS) is 10.8. The summed E-state index contributed by atoms with van der Waals surface area (Å²) >= 11 is 0. The van der Waals surface area contributed by atoms with Crippen LogP contribution in [0, 0.1) is 0 Å². The first kappa shape index (κ1) is 16.7. The van der Waals surface area contributed by atoms with Crippen LogP contribution in [0.5, 0.6) is 5.75 Å². The molecule has 0 aliphatic rings. The Kier molecular flexibility index (Phi) is 4.26. The fraction of sp³-hybridized carbons (Fsp3) is 0.0455. The van der Waals surface area contributed by atoms with Gasteiger partial charge < -0.3 is 9.84 Å². The van der Waals surface area contributed by atoms with Crippen LogP contribution in [0.15, 0.2) is 78.9 Å². The van der Waals surface area contributed by atoms with Crippen LogP contribution in [0.1, 0.15) is 10.4 Å². The molecule has 5 heteroatoms. The van der Waals surface area contributed by atoms with E-state index in [-0.39, 0.29) is 6.54 Å². The van der Waals surface area contributed by atoms with Gasteiger partial charge in [0.25, 0.3) is 0 Å². The minimum absolute atomic E-state index is 0.199. The van der Waals surface area contributed by atoms with Gasteiger partial charge in [0, 0.05) is 12.1 Å². The highest BCUT2D eigenvalue weighted by Crippen LogP contribution is 2.26. The monoisotopic (exact) mass is 358 g/mol. The van der Waals surface area contributed by atoms with Crippen LogP contribution in [-0.4, -0.2) is 17.0 Å². The predicted molar refractivity (Wildman–Crippen MR) is 101 cm³/mol. The molecule has 0 fully saturated rings. The number of nitrogens with zero attached hydrogens (tertiary/aromatic N) is 1. The molecule has 1 N–H and O–H groups in total. The zero-order valence-electron chi connectivity index (χ0n) is 14.3. The van der Waals surface area contributed by atoms with E-state index in [2.05, 4.69) is 0 Å². The number of ether oxygens (including phenoxy) is 1. The number of esters is 1. The first-order valence-corrected chi connectivity index (χ1v) is 8.47. The number of carbonyl (C=O) groups excluding carboxylic acids is 1. The molecule has 132 valence electrons. The summed E-state index contributed by atoms with van der Waals surface area (Å²) in [5.74, 6) is -0.969. The quantitative estimate of drug-likeness (QED) is 0.262. The number of carbonyl (C=O) groups is 2. The van der Waals surface area contributed by atoms with Crippen LogP contribution in [-0.2, 0) is 11.3 Å². The standard InChI is InChI=1S/C22H15NO4/c24-20(25)14-23-18-12-6-4-10-16(18)21(17-11-5-7-13-19(17)23)22(26)27-15-8-2-1-3-9-15/h1-13H,14H2/p+1. The van der Waals surface area contributed by atoms with Gasteiger partial charge in [0.15, 0.2) is 0 Å². The smallest absolute Gasteiger partial charge is 0.370 e. The van der Waals surface area contributed by atoms with Crippen LogP contribution in [0.25, 0.3) is 21.8 Å². The van der Waals surface area contributed by atoms with E-state index in [1.165, 1.54) is 0 Å².